The summed E-state index contributed by atoms with van der Waals surface area (Å²) in [5.41, 5.74) is 1.21. The van der Waals surface area contributed by atoms with Crippen LogP contribution >= 0.6 is 23.2 Å². The Bertz CT molecular complexity index is 574. The van der Waals surface area contributed by atoms with Crippen molar-refractivity contribution >= 4 is 23.2 Å². The molecule has 0 nitrogen and oxygen atoms in total. The lowest BCUT2D eigenvalue weighted by Crippen LogP contribution is -2.07. The highest BCUT2D eigenvalue weighted by molar-refractivity contribution is 6.30. The van der Waals surface area contributed by atoms with E-state index >= 15 is 0 Å². The monoisotopic (exact) mass is 332 g/mol. The Kier molecular flexibility index (Phi) is 5.17. The van der Waals surface area contributed by atoms with Crippen molar-refractivity contribution in [2.24, 2.45) is 0 Å². The summed E-state index contributed by atoms with van der Waals surface area (Å²) in [7, 11) is 0. The van der Waals surface area contributed by atoms with Gasteiger partial charge in [0.2, 0.25) is 0 Å². The third-order valence-electron chi connectivity index (χ3n) is 3.29. The molecule has 2 rings (SSSR count). The second kappa shape index (κ2) is 6.71. The van der Waals surface area contributed by atoms with Gasteiger partial charge in [-0.1, -0.05) is 35.9 Å². The molecule has 0 fully saturated rings. The molecule has 0 aliphatic carbocycles. The van der Waals surface area contributed by atoms with Crippen molar-refractivity contribution in [3.05, 3.63) is 70.2 Å². The Morgan fingerprint density at radius 2 is 1.48 bits per heavy atom. The van der Waals surface area contributed by atoms with E-state index in [-0.39, 0.29) is 5.92 Å². The maximum atomic E-state index is 12.5. The minimum Gasteiger partial charge on any atom is -0.166 e. The molecule has 112 valence electrons. The van der Waals surface area contributed by atoms with Gasteiger partial charge in [0, 0.05) is 16.8 Å². The summed E-state index contributed by atoms with van der Waals surface area (Å²) in [6.45, 7) is 0. The minimum absolute atomic E-state index is 0.0423. The van der Waals surface area contributed by atoms with E-state index in [1.54, 1.807) is 12.1 Å². The smallest absolute Gasteiger partial charge is 0.166 e. The quantitative estimate of drug-likeness (QED) is 0.609. The number of hydrogen-bond acceptors (Lipinski definition) is 0. The molecule has 0 heterocycles. The highest BCUT2D eigenvalue weighted by atomic mass is 35.5. The van der Waals surface area contributed by atoms with Crippen LogP contribution in [-0.4, -0.2) is 5.88 Å². The van der Waals surface area contributed by atoms with Crippen molar-refractivity contribution < 1.29 is 13.2 Å². The van der Waals surface area contributed by atoms with Crippen molar-refractivity contribution in [2.45, 2.75) is 18.5 Å². The lowest BCUT2D eigenvalue weighted by Gasteiger charge is -2.15. The van der Waals surface area contributed by atoms with Crippen LogP contribution in [0.2, 0.25) is 5.02 Å². The van der Waals surface area contributed by atoms with Crippen molar-refractivity contribution in [3.8, 4) is 0 Å². The first kappa shape index (κ1) is 16.2. The molecule has 21 heavy (non-hydrogen) atoms. The molecule has 0 saturated heterocycles. The molecule has 0 radical (unpaired) electrons. The molecule has 0 bridgehead atoms. The summed E-state index contributed by atoms with van der Waals surface area (Å²) >= 11 is 11.8. The predicted octanol–water partition coefficient (Wildman–Crippen LogP) is 5.92. The average Bonchev–Trinajstić information content (AvgIpc) is 2.45. The van der Waals surface area contributed by atoms with Crippen LogP contribution in [0.4, 0.5) is 13.2 Å². The van der Waals surface area contributed by atoms with Gasteiger partial charge in [-0.15, -0.1) is 11.6 Å². The van der Waals surface area contributed by atoms with E-state index in [1.165, 1.54) is 12.1 Å². The molecule has 0 aliphatic heterocycles. The van der Waals surface area contributed by atoms with Gasteiger partial charge in [0.25, 0.3) is 0 Å². The maximum Gasteiger partial charge on any atom is 0.416 e. The number of halogens is 5. The van der Waals surface area contributed by atoms with E-state index in [0.29, 0.717) is 17.3 Å². The minimum atomic E-state index is -4.30. The van der Waals surface area contributed by atoms with Gasteiger partial charge in [0.1, 0.15) is 0 Å². The van der Waals surface area contributed by atoms with Crippen LogP contribution in [0.3, 0.4) is 0 Å². The van der Waals surface area contributed by atoms with Crippen LogP contribution in [0, 0.1) is 0 Å². The average molecular weight is 333 g/mol. The second-order valence-electron chi connectivity index (χ2n) is 4.80. The van der Waals surface area contributed by atoms with Gasteiger partial charge >= 0.3 is 6.18 Å². The van der Waals surface area contributed by atoms with Crippen molar-refractivity contribution in [3.63, 3.8) is 0 Å². The van der Waals surface area contributed by atoms with Gasteiger partial charge in [-0.2, -0.15) is 13.2 Å². The van der Waals surface area contributed by atoms with Gasteiger partial charge in [-0.3, -0.25) is 0 Å². The Labute approximate surface area is 131 Å². The maximum absolute atomic E-state index is 12.5. The van der Waals surface area contributed by atoms with Crippen molar-refractivity contribution in [1.82, 2.24) is 0 Å². The Hall–Kier alpha value is -1.19. The summed E-state index contributed by atoms with van der Waals surface area (Å²) in [4.78, 5) is 0. The van der Waals surface area contributed by atoms with Crippen molar-refractivity contribution in [2.75, 3.05) is 5.88 Å². The first-order chi connectivity index (χ1) is 9.90. The third-order valence-corrected chi connectivity index (χ3v) is 3.92. The molecule has 0 aromatic heterocycles. The van der Waals surface area contributed by atoms with Crippen LogP contribution in [0.5, 0.6) is 0 Å². The Morgan fingerprint density at radius 1 is 0.905 bits per heavy atom. The molecular formula is C16H13Cl2F3. The fourth-order valence-electron chi connectivity index (χ4n) is 2.11. The van der Waals surface area contributed by atoms with Crippen molar-refractivity contribution in [1.29, 1.82) is 0 Å². The normalized spacial score (nSPS) is 13.2. The first-order valence-electron chi connectivity index (χ1n) is 6.37. The standard InChI is InChI=1S/C16H13Cl2F3/c17-10-13(12-3-7-15(18)8-4-12)9-11-1-5-14(6-2-11)16(19,20)21/h1-8,13H,9-10H2. The molecule has 2 aromatic rings. The summed E-state index contributed by atoms with van der Waals surface area (Å²) in [6, 6.07) is 12.5. The SMILES string of the molecule is FC(F)(F)c1ccc(CC(CCl)c2ccc(Cl)cc2)cc1. The van der Waals surface area contributed by atoms with Crippen LogP contribution in [0.15, 0.2) is 48.5 Å². The van der Waals surface area contributed by atoms with Crippen LogP contribution in [0.25, 0.3) is 0 Å². The Morgan fingerprint density at radius 3 is 1.95 bits per heavy atom. The third kappa shape index (κ3) is 4.39. The van der Waals surface area contributed by atoms with Gasteiger partial charge in [0.15, 0.2) is 0 Å². The van der Waals surface area contributed by atoms with E-state index in [9.17, 15) is 13.2 Å². The van der Waals surface area contributed by atoms with Gasteiger partial charge < -0.3 is 0 Å². The number of hydrogen-bond donors (Lipinski definition) is 0. The number of rotatable bonds is 4. The van der Waals surface area contributed by atoms with Gasteiger partial charge in [-0.25, -0.2) is 0 Å². The van der Waals surface area contributed by atoms with E-state index in [2.05, 4.69) is 0 Å². The molecule has 0 saturated carbocycles. The predicted molar refractivity (Wildman–Crippen MR) is 80.1 cm³/mol. The molecule has 0 aliphatic rings. The van der Waals surface area contributed by atoms with Crippen LogP contribution in [-0.2, 0) is 12.6 Å². The summed E-state index contributed by atoms with van der Waals surface area (Å²) in [5, 5.41) is 0.640. The van der Waals surface area contributed by atoms with Crippen LogP contribution < -0.4 is 0 Å². The van der Waals surface area contributed by atoms with Gasteiger partial charge in [0.05, 0.1) is 5.56 Å². The van der Waals surface area contributed by atoms with Gasteiger partial charge in [-0.05, 0) is 41.8 Å². The number of alkyl halides is 4. The first-order valence-corrected chi connectivity index (χ1v) is 7.29. The highest BCUT2D eigenvalue weighted by Gasteiger charge is 2.30. The zero-order valence-electron chi connectivity index (χ0n) is 11.0. The Balaban J connectivity index is 2.13. The molecule has 0 N–H and O–H groups in total. The lowest BCUT2D eigenvalue weighted by atomic mass is 9.93. The zero-order chi connectivity index (χ0) is 15.5. The topological polar surface area (TPSA) is 0 Å². The summed E-state index contributed by atoms with van der Waals surface area (Å²) in [5.74, 6) is 0.434. The molecule has 1 unspecified atom stereocenters. The molecule has 0 spiro atoms. The molecule has 2 aromatic carbocycles. The van der Waals surface area contributed by atoms with E-state index in [4.69, 9.17) is 23.2 Å². The molecule has 0 amide bonds. The fraction of sp³-hybridized carbons (Fsp3) is 0.250. The highest BCUT2D eigenvalue weighted by Crippen LogP contribution is 2.30. The fourth-order valence-corrected chi connectivity index (χ4v) is 2.52. The lowest BCUT2D eigenvalue weighted by molar-refractivity contribution is -0.137. The van der Waals surface area contributed by atoms with E-state index in [1.807, 2.05) is 12.1 Å². The summed E-state index contributed by atoms with van der Waals surface area (Å²) < 4.78 is 37.6. The summed E-state index contributed by atoms with van der Waals surface area (Å²) in [6.07, 6.45) is -3.72. The largest absolute Gasteiger partial charge is 0.416 e. The molecule has 1 atom stereocenters. The molecule has 5 heteroatoms. The molecular weight excluding hydrogens is 320 g/mol. The van der Waals surface area contributed by atoms with E-state index < -0.39 is 11.7 Å². The van der Waals surface area contributed by atoms with E-state index in [0.717, 1.165) is 23.3 Å². The van der Waals surface area contributed by atoms with Crippen LogP contribution in [0.1, 0.15) is 22.6 Å². The zero-order valence-corrected chi connectivity index (χ0v) is 12.5. The number of benzene rings is 2. The second-order valence-corrected chi connectivity index (χ2v) is 5.55.